The molecule has 0 radical (unpaired) electrons. The standard InChI is InChI=1S/C24H26O7/c1-13(2)17-11-18-15(10-21(25)31-20(18)9-14(17)3)12-30-24(26)16-7-8-19(27-4)23(29-6)22(16)28-5/h7-11,13H,12H2,1-6H3. The predicted octanol–water partition coefficient (Wildman–Crippen LogP) is 4.61. The van der Waals surface area contributed by atoms with Crippen LogP contribution in [0.3, 0.4) is 0 Å². The van der Waals surface area contributed by atoms with E-state index in [1.54, 1.807) is 12.1 Å². The van der Waals surface area contributed by atoms with Crippen molar-refractivity contribution >= 4 is 16.9 Å². The number of esters is 1. The maximum absolute atomic E-state index is 12.8. The van der Waals surface area contributed by atoms with Crippen molar-refractivity contribution in [1.29, 1.82) is 0 Å². The second-order valence-electron chi connectivity index (χ2n) is 7.41. The van der Waals surface area contributed by atoms with Crippen molar-refractivity contribution in [2.24, 2.45) is 0 Å². The van der Waals surface area contributed by atoms with Gasteiger partial charge in [-0.25, -0.2) is 9.59 Å². The van der Waals surface area contributed by atoms with Crippen LogP contribution in [0, 0.1) is 6.92 Å². The number of rotatable bonds is 7. The Morgan fingerprint density at radius 2 is 1.71 bits per heavy atom. The second kappa shape index (κ2) is 9.12. The van der Waals surface area contributed by atoms with Gasteiger partial charge in [-0.1, -0.05) is 13.8 Å². The number of methoxy groups -OCH3 is 3. The third-order valence-corrected chi connectivity index (χ3v) is 5.12. The molecular formula is C24H26O7. The summed E-state index contributed by atoms with van der Waals surface area (Å²) in [7, 11) is 4.38. The molecule has 0 fully saturated rings. The maximum atomic E-state index is 12.8. The molecule has 0 saturated heterocycles. The molecule has 0 atom stereocenters. The number of benzene rings is 2. The van der Waals surface area contributed by atoms with E-state index in [1.165, 1.54) is 27.4 Å². The summed E-state index contributed by atoms with van der Waals surface area (Å²) >= 11 is 0. The second-order valence-corrected chi connectivity index (χ2v) is 7.41. The van der Waals surface area contributed by atoms with Crippen molar-refractivity contribution in [3.05, 3.63) is 63.0 Å². The van der Waals surface area contributed by atoms with Crippen molar-refractivity contribution in [1.82, 2.24) is 0 Å². The summed E-state index contributed by atoms with van der Waals surface area (Å²) < 4.78 is 26.8. The lowest BCUT2D eigenvalue weighted by atomic mass is 9.95. The van der Waals surface area contributed by atoms with Crippen LogP contribution < -0.4 is 19.8 Å². The van der Waals surface area contributed by atoms with Gasteiger partial charge in [0.2, 0.25) is 5.75 Å². The van der Waals surface area contributed by atoms with Crippen LogP contribution in [0.15, 0.2) is 39.5 Å². The highest BCUT2D eigenvalue weighted by Gasteiger charge is 2.22. The van der Waals surface area contributed by atoms with Gasteiger partial charge in [-0.15, -0.1) is 0 Å². The molecule has 0 amide bonds. The van der Waals surface area contributed by atoms with Crippen molar-refractivity contribution in [2.75, 3.05) is 21.3 Å². The Bertz CT molecular complexity index is 1170. The summed E-state index contributed by atoms with van der Waals surface area (Å²) in [5.41, 5.74) is 2.89. The molecule has 3 aromatic rings. The Morgan fingerprint density at radius 3 is 2.32 bits per heavy atom. The molecular weight excluding hydrogens is 400 g/mol. The van der Waals surface area contributed by atoms with Gasteiger partial charge in [-0.3, -0.25) is 0 Å². The fourth-order valence-electron chi connectivity index (χ4n) is 3.62. The fraction of sp³-hybridized carbons (Fsp3) is 0.333. The average Bonchev–Trinajstić information content (AvgIpc) is 2.74. The van der Waals surface area contributed by atoms with E-state index in [-0.39, 0.29) is 17.9 Å². The van der Waals surface area contributed by atoms with Gasteiger partial charge in [0.15, 0.2) is 11.5 Å². The Kier molecular flexibility index (Phi) is 6.53. The third-order valence-electron chi connectivity index (χ3n) is 5.12. The van der Waals surface area contributed by atoms with E-state index in [9.17, 15) is 9.59 Å². The molecule has 1 aromatic heterocycles. The third kappa shape index (κ3) is 4.35. The molecule has 0 aliphatic heterocycles. The quantitative estimate of drug-likeness (QED) is 0.403. The first kappa shape index (κ1) is 22.2. The minimum absolute atomic E-state index is 0.0982. The summed E-state index contributed by atoms with van der Waals surface area (Å²) in [5.74, 6) is 0.613. The molecule has 0 saturated carbocycles. The monoisotopic (exact) mass is 426 g/mol. The molecule has 164 valence electrons. The van der Waals surface area contributed by atoms with Crippen molar-refractivity contribution in [2.45, 2.75) is 33.3 Å². The van der Waals surface area contributed by atoms with E-state index >= 15 is 0 Å². The molecule has 0 bridgehead atoms. The fourth-order valence-corrected chi connectivity index (χ4v) is 3.62. The highest BCUT2D eigenvalue weighted by atomic mass is 16.5. The lowest BCUT2D eigenvalue weighted by Crippen LogP contribution is -2.10. The zero-order valence-corrected chi connectivity index (χ0v) is 18.5. The molecule has 0 spiro atoms. The van der Waals surface area contributed by atoms with E-state index in [4.69, 9.17) is 23.4 Å². The van der Waals surface area contributed by atoms with E-state index in [0.29, 0.717) is 28.6 Å². The van der Waals surface area contributed by atoms with Gasteiger partial charge in [0.05, 0.1) is 21.3 Å². The van der Waals surface area contributed by atoms with Gasteiger partial charge in [0.1, 0.15) is 17.8 Å². The van der Waals surface area contributed by atoms with Crippen molar-refractivity contribution < 1.29 is 28.2 Å². The molecule has 31 heavy (non-hydrogen) atoms. The lowest BCUT2D eigenvalue weighted by molar-refractivity contribution is 0.0469. The van der Waals surface area contributed by atoms with Crippen LogP contribution in [0.2, 0.25) is 0 Å². The van der Waals surface area contributed by atoms with Crippen LogP contribution in [0.25, 0.3) is 11.0 Å². The number of ether oxygens (including phenoxy) is 4. The highest BCUT2D eigenvalue weighted by Crippen LogP contribution is 2.40. The molecule has 0 unspecified atom stereocenters. The Labute approximate surface area is 180 Å². The van der Waals surface area contributed by atoms with Crippen LogP contribution in [0.1, 0.15) is 46.8 Å². The van der Waals surface area contributed by atoms with Crippen molar-refractivity contribution in [3.63, 3.8) is 0 Å². The number of carbonyl (C=O) groups excluding carboxylic acids is 1. The Balaban J connectivity index is 1.97. The van der Waals surface area contributed by atoms with Gasteiger partial charge in [-0.2, -0.15) is 0 Å². The predicted molar refractivity (Wildman–Crippen MR) is 117 cm³/mol. The van der Waals surface area contributed by atoms with Crippen LogP contribution in [-0.2, 0) is 11.3 Å². The van der Waals surface area contributed by atoms with Gasteiger partial charge >= 0.3 is 11.6 Å². The Morgan fingerprint density at radius 1 is 1.00 bits per heavy atom. The van der Waals surface area contributed by atoms with Crippen LogP contribution in [-0.4, -0.2) is 27.3 Å². The normalized spacial score (nSPS) is 10.9. The summed E-state index contributed by atoms with van der Waals surface area (Å²) in [4.78, 5) is 24.9. The largest absolute Gasteiger partial charge is 0.493 e. The number of hydrogen-bond donors (Lipinski definition) is 0. The first-order valence-electron chi connectivity index (χ1n) is 9.84. The van der Waals surface area contributed by atoms with E-state index < -0.39 is 11.6 Å². The average molecular weight is 426 g/mol. The number of carbonyl (C=O) groups is 1. The molecule has 0 aliphatic carbocycles. The van der Waals surface area contributed by atoms with Crippen LogP contribution in [0.4, 0.5) is 0 Å². The first-order chi connectivity index (χ1) is 14.8. The van der Waals surface area contributed by atoms with E-state index in [2.05, 4.69) is 13.8 Å². The van der Waals surface area contributed by atoms with Crippen molar-refractivity contribution in [3.8, 4) is 17.2 Å². The van der Waals surface area contributed by atoms with E-state index in [0.717, 1.165) is 16.5 Å². The molecule has 7 heteroatoms. The molecule has 7 nitrogen and oxygen atoms in total. The first-order valence-corrected chi connectivity index (χ1v) is 9.84. The van der Waals surface area contributed by atoms with Gasteiger partial charge in [-0.05, 0) is 48.2 Å². The highest BCUT2D eigenvalue weighted by molar-refractivity contribution is 5.94. The Hall–Kier alpha value is -3.48. The number of fused-ring (bicyclic) bond motifs is 1. The topological polar surface area (TPSA) is 84.2 Å². The number of aryl methyl sites for hydroxylation is 1. The SMILES string of the molecule is COc1ccc(C(=O)OCc2cc(=O)oc3cc(C)c(C(C)C)cc23)c(OC)c1OC. The van der Waals surface area contributed by atoms with E-state index in [1.807, 2.05) is 19.1 Å². The smallest absolute Gasteiger partial charge is 0.342 e. The molecule has 0 aliphatic rings. The van der Waals surface area contributed by atoms with Gasteiger partial charge in [0, 0.05) is 17.0 Å². The minimum Gasteiger partial charge on any atom is -0.493 e. The maximum Gasteiger partial charge on any atom is 0.342 e. The molecule has 2 aromatic carbocycles. The number of hydrogen-bond acceptors (Lipinski definition) is 7. The summed E-state index contributed by atoms with van der Waals surface area (Å²) in [6.07, 6.45) is 0. The summed E-state index contributed by atoms with van der Waals surface area (Å²) in [6.45, 7) is 6.07. The van der Waals surface area contributed by atoms with Crippen LogP contribution in [0.5, 0.6) is 17.2 Å². The summed E-state index contributed by atoms with van der Waals surface area (Å²) in [5, 5.41) is 0.737. The lowest BCUT2D eigenvalue weighted by Gasteiger charge is -2.16. The van der Waals surface area contributed by atoms with Crippen LogP contribution >= 0.6 is 0 Å². The molecule has 3 rings (SSSR count). The van der Waals surface area contributed by atoms with Gasteiger partial charge < -0.3 is 23.4 Å². The molecule has 1 heterocycles. The molecule has 0 N–H and O–H groups in total. The minimum atomic E-state index is -0.615. The zero-order chi connectivity index (χ0) is 22.7. The van der Waals surface area contributed by atoms with Gasteiger partial charge in [0.25, 0.3) is 0 Å². The summed E-state index contributed by atoms with van der Waals surface area (Å²) in [6, 6.07) is 8.32. The zero-order valence-electron chi connectivity index (χ0n) is 18.5.